The monoisotopic (exact) mass is 1110 g/mol. The first-order chi connectivity index (χ1) is 38.0. The molecule has 0 spiro atoms. The summed E-state index contributed by atoms with van der Waals surface area (Å²) in [6.45, 7) is 4.53. The van der Waals surface area contributed by atoms with E-state index in [9.17, 15) is 19.4 Å². The molecule has 452 valence electrons. The van der Waals surface area contributed by atoms with Gasteiger partial charge >= 0.3 is 0 Å². The Morgan fingerprint density at radius 3 is 1.19 bits per heavy atom. The van der Waals surface area contributed by atoms with Crippen LogP contribution in [-0.4, -0.2) is 68.5 Å². The Labute approximate surface area is 483 Å². The molecule has 0 heterocycles. The van der Waals surface area contributed by atoms with Gasteiger partial charge in [0.05, 0.1) is 39.9 Å². The Kier molecular flexibility index (Phi) is 57.1. The van der Waals surface area contributed by atoms with E-state index in [1.165, 1.54) is 186 Å². The zero-order chi connectivity index (χ0) is 57.0. The summed E-state index contributed by atoms with van der Waals surface area (Å²) in [7, 11) is 1.25. The normalized spacial score (nSPS) is 14.4. The highest BCUT2D eigenvalue weighted by atomic mass is 31.2. The van der Waals surface area contributed by atoms with Gasteiger partial charge in [-0.25, -0.2) is 0 Å². The zero-order valence-electron chi connectivity index (χ0n) is 51.6. The molecular weight excluding hydrogens is 984 g/mol. The van der Waals surface area contributed by atoms with Gasteiger partial charge in [0.2, 0.25) is 5.91 Å². The number of allylic oxidation sites excluding steroid dienone is 15. The molecule has 2 N–H and O–H groups in total. The summed E-state index contributed by atoms with van der Waals surface area (Å²) in [5.41, 5.74) is 0. The van der Waals surface area contributed by atoms with Crippen molar-refractivity contribution in [1.29, 1.82) is 0 Å². The lowest BCUT2D eigenvalue weighted by molar-refractivity contribution is -0.870. The predicted molar refractivity (Wildman–Crippen MR) is 339 cm³/mol. The maximum Gasteiger partial charge on any atom is 0.268 e. The maximum atomic E-state index is 13.0. The van der Waals surface area contributed by atoms with Crippen LogP contribution in [0.15, 0.2) is 97.2 Å². The lowest BCUT2D eigenvalue weighted by atomic mass is 10.0. The van der Waals surface area contributed by atoms with E-state index in [0.717, 1.165) is 77.0 Å². The highest BCUT2D eigenvalue weighted by molar-refractivity contribution is 7.45. The first-order valence-corrected chi connectivity index (χ1v) is 34.1. The fourth-order valence-corrected chi connectivity index (χ4v) is 9.96. The van der Waals surface area contributed by atoms with Crippen molar-refractivity contribution in [1.82, 2.24) is 5.32 Å². The van der Waals surface area contributed by atoms with Crippen LogP contribution in [0.3, 0.4) is 0 Å². The molecule has 3 atom stereocenters. The van der Waals surface area contributed by atoms with Gasteiger partial charge in [-0.2, -0.15) is 0 Å². The molecule has 78 heavy (non-hydrogen) atoms. The third-order valence-electron chi connectivity index (χ3n) is 14.3. The Hall–Kier alpha value is -2.58. The SMILES string of the molecule is CC/C=C\C/C=C\C/C=C\C/C=C\C/C=C\C/C=C\CCCCCCCCCCCCCCCCCCCCCCC(=O)NC(COP(=O)([O-])OCC[N+](C)(C)C)C(O)/C=C/CC/C=C/CCCCCCCCCCCCC. The molecule has 0 aromatic heterocycles. The number of amides is 1. The van der Waals surface area contributed by atoms with Crippen molar-refractivity contribution in [2.45, 2.75) is 296 Å². The third-order valence-corrected chi connectivity index (χ3v) is 15.2. The third kappa shape index (κ3) is 61.0. The summed E-state index contributed by atoms with van der Waals surface area (Å²) in [6, 6.07) is -0.906. The smallest absolute Gasteiger partial charge is 0.268 e. The van der Waals surface area contributed by atoms with Crippen molar-refractivity contribution in [3.05, 3.63) is 97.2 Å². The van der Waals surface area contributed by atoms with Crippen LogP contribution in [-0.2, 0) is 18.4 Å². The van der Waals surface area contributed by atoms with Crippen molar-refractivity contribution >= 4 is 13.7 Å². The minimum atomic E-state index is -4.61. The van der Waals surface area contributed by atoms with Crippen molar-refractivity contribution in [2.75, 3.05) is 40.9 Å². The van der Waals surface area contributed by atoms with Gasteiger partial charge in [0.15, 0.2) is 0 Å². The summed E-state index contributed by atoms with van der Waals surface area (Å²) in [4.78, 5) is 25.5. The molecule has 1 amide bonds. The number of nitrogens with one attached hydrogen (secondary N) is 1. The number of unbranched alkanes of at least 4 members (excludes halogenated alkanes) is 32. The second kappa shape index (κ2) is 59.1. The van der Waals surface area contributed by atoms with Crippen molar-refractivity contribution in [3.63, 3.8) is 0 Å². The Bertz CT molecular complexity index is 1590. The number of rotatable bonds is 59. The second-order valence-electron chi connectivity index (χ2n) is 23.1. The first kappa shape index (κ1) is 75.4. The molecule has 0 aromatic carbocycles. The molecule has 0 bridgehead atoms. The molecule has 0 aliphatic rings. The van der Waals surface area contributed by atoms with Gasteiger partial charge in [-0.3, -0.25) is 9.36 Å². The second-order valence-corrected chi connectivity index (χ2v) is 24.5. The number of phosphoric ester groups is 1. The molecule has 0 aromatic rings. The van der Waals surface area contributed by atoms with Crippen LogP contribution < -0.4 is 10.2 Å². The molecule has 3 unspecified atom stereocenters. The topological polar surface area (TPSA) is 108 Å². The van der Waals surface area contributed by atoms with E-state index >= 15 is 0 Å². The van der Waals surface area contributed by atoms with Gasteiger partial charge in [0.25, 0.3) is 7.82 Å². The number of quaternary nitrogens is 1. The van der Waals surface area contributed by atoms with Gasteiger partial charge in [0.1, 0.15) is 13.2 Å². The maximum absolute atomic E-state index is 13.0. The summed E-state index contributed by atoms with van der Waals surface area (Å²) in [5, 5.41) is 13.9. The van der Waals surface area contributed by atoms with E-state index in [1.807, 2.05) is 27.2 Å². The van der Waals surface area contributed by atoms with E-state index in [1.54, 1.807) is 6.08 Å². The highest BCUT2D eigenvalue weighted by Gasteiger charge is 2.23. The molecule has 9 heteroatoms. The number of likely N-dealkylation sites (N-methyl/N-ethyl adjacent to an activating group) is 1. The molecule has 0 saturated carbocycles. The summed E-state index contributed by atoms with van der Waals surface area (Å²) in [5.74, 6) is -0.206. The van der Waals surface area contributed by atoms with Crippen LogP contribution in [0.25, 0.3) is 0 Å². The van der Waals surface area contributed by atoms with Crippen LogP contribution in [0.4, 0.5) is 0 Å². The lowest BCUT2D eigenvalue weighted by Gasteiger charge is -2.29. The number of carbonyl (C=O) groups is 1. The number of hydrogen-bond donors (Lipinski definition) is 2. The Morgan fingerprint density at radius 2 is 0.795 bits per heavy atom. The minimum Gasteiger partial charge on any atom is -0.756 e. The van der Waals surface area contributed by atoms with E-state index in [0.29, 0.717) is 17.4 Å². The molecule has 0 rings (SSSR count). The van der Waals surface area contributed by atoms with Crippen molar-refractivity contribution in [3.8, 4) is 0 Å². The van der Waals surface area contributed by atoms with E-state index in [4.69, 9.17) is 9.05 Å². The van der Waals surface area contributed by atoms with Crippen LogP contribution in [0, 0.1) is 0 Å². The van der Waals surface area contributed by atoms with Crippen molar-refractivity contribution < 1.29 is 32.9 Å². The summed E-state index contributed by atoms with van der Waals surface area (Å²) >= 11 is 0. The number of nitrogens with zero attached hydrogens (tertiary/aromatic N) is 1. The lowest BCUT2D eigenvalue weighted by Crippen LogP contribution is -2.45. The number of aliphatic hydroxyl groups is 1. The Morgan fingerprint density at radius 1 is 0.462 bits per heavy atom. The van der Waals surface area contributed by atoms with Crippen LogP contribution in [0.5, 0.6) is 0 Å². The van der Waals surface area contributed by atoms with E-state index in [-0.39, 0.29) is 12.5 Å². The summed E-state index contributed by atoms with van der Waals surface area (Å²) in [6.07, 6.45) is 85.2. The largest absolute Gasteiger partial charge is 0.756 e. The van der Waals surface area contributed by atoms with Crippen LogP contribution >= 0.6 is 7.82 Å². The molecule has 0 aliphatic carbocycles. The average Bonchev–Trinajstić information content (AvgIpc) is 3.40. The fraction of sp³-hybridized carbons (Fsp3) is 0.754. The molecule has 0 fully saturated rings. The minimum absolute atomic E-state index is 0.00781. The zero-order valence-corrected chi connectivity index (χ0v) is 52.5. The van der Waals surface area contributed by atoms with Gasteiger partial charge < -0.3 is 28.8 Å². The average molecular weight is 1110 g/mol. The highest BCUT2D eigenvalue weighted by Crippen LogP contribution is 2.38. The van der Waals surface area contributed by atoms with Crippen LogP contribution in [0.2, 0.25) is 0 Å². The van der Waals surface area contributed by atoms with Gasteiger partial charge in [0, 0.05) is 6.42 Å². The van der Waals surface area contributed by atoms with E-state index in [2.05, 4.69) is 104 Å². The van der Waals surface area contributed by atoms with Gasteiger partial charge in [-0.1, -0.05) is 291 Å². The van der Waals surface area contributed by atoms with E-state index < -0.39 is 26.6 Å². The fourth-order valence-electron chi connectivity index (χ4n) is 9.23. The number of phosphoric acid groups is 1. The quantitative estimate of drug-likeness (QED) is 0.0272. The van der Waals surface area contributed by atoms with Gasteiger partial charge in [-0.05, 0) is 83.5 Å². The molecule has 8 nitrogen and oxygen atoms in total. The Balaban J connectivity index is 4.01. The molecule has 0 aliphatic heterocycles. The standard InChI is InChI=1S/C69H125N2O6P/c1-6-8-10-12-14-16-18-20-22-24-25-26-27-28-29-30-31-32-33-34-35-36-37-38-39-40-41-42-43-44-45-47-49-51-53-55-57-59-61-63-69(73)70-67(66-77-78(74,75)76-65-64-71(3,4)5)68(72)62-60-58-56-54-52-50-48-46-23-21-19-17-15-13-11-9-7-2/h8,10,14,16,20,22,25-26,28-29,31-32,52,54,60,62,67-68,72H,6-7,9,11-13,15,17-19,21,23-24,27,30,33-51,53,55-59,61,63-66H2,1-5H3,(H-,70,73,74,75)/b10-8-,16-14-,22-20-,26-25-,29-28-,32-31-,54-52+,62-60+. The van der Waals surface area contributed by atoms with Crippen molar-refractivity contribution in [2.24, 2.45) is 0 Å². The van der Waals surface area contributed by atoms with Crippen LogP contribution in [0.1, 0.15) is 284 Å². The molecule has 0 radical (unpaired) electrons. The van der Waals surface area contributed by atoms with Gasteiger partial charge in [-0.15, -0.1) is 0 Å². The number of carbonyl (C=O) groups excluding carboxylic acids is 1. The number of hydrogen-bond acceptors (Lipinski definition) is 6. The number of aliphatic hydroxyl groups excluding tert-OH is 1. The molecular formula is C69H125N2O6P. The predicted octanol–water partition coefficient (Wildman–Crippen LogP) is 19.9. The first-order valence-electron chi connectivity index (χ1n) is 32.6. The summed E-state index contributed by atoms with van der Waals surface area (Å²) < 4.78 is 23.4. The molecule has 0 saturated heterocycles.